The lowest BCUT2D eigenvalue weighted by atomic mass is 9.91. The van der Waals surface area contributed by atoms with Crippen LogP contribution in [0.5, 0.6) is 0 Å². The van der Waals surface area contributed by atoms with E-state index in [9.17, 15) is 0 Å². The summed E-state index contributed by atoms with van der Waals surface area (Å²) >= 11 is 1.55. The number of rotatable bonds is 3. The lowest BCUT2D eigenvalue weighted by Crippen LogP contribution is -1.95. The van der Waals surface area contributed by atoms with Gasteiger partial charge in [0.15, 0.2) is 5.13 Å². The molecule has 0 unspecified atom stereocenters. The Morgan fingerprint density at radius 2 is 1.83 bits per heavy atom. The number of benzene rings is 1. The molecule has 0 saturated carbocycles. The fraction of sp³-hybridized carbons (Fsp3) is 0.400. The molecule has 0 amide bonds. The van der Waals surface area contributed by atoms with Crippen LogP contribution in [-0.2, 0) is 0 Å². The van der Waals surface area contributed by atoms with Crippen molar-refractivity contribution in [2.24, 2.45) is 0 Å². The van der Waals surface area contributed by atoms with E-state index in [1.54, 1.807) is 11.3 Å². The molecule has 1 heterocycles. The van der Waals surface area contributed by atoms with E-state index in [1.807, 2.05) is 6.20 Å². The number of nitrogens with two attached hydrogens (primary N) is 1. The van der Waals surface area contributed by atoms with E-state index in [-0.39, 0.29) is 0 Å². The summed E-state index contributed by atoms with van der Waals surface area (Å²) in [5.41, 5.74) is 9.76. The molecule has 0 spiro atoms. The first kappa shape index (κ1) is 13.1. The van der Waals surface area contributed by atoms with E-state index in [0.717, 1.165) is 4.88 Å². The third kappa shape index (κ3) is 2.56. The molecular formula is C15H20N2S. The number of hydrogen-bond donors (Lipinski definition) is 1. The SMILES string of the molecule is CC(C)c1ccc(-c2cnc(N)s2)c(C(C)C)c1. The summed E-state index contributed by atoms with van der Waals surface area (Å²) in [4.78, 5) is 5.31. The smallest absolute Gasteiger partial charge is 0.180 e. The van der Waals surface area contributed by atoms with Gasteiger partial charge in [-0.25, -0.2) is 4.98 Å². The normalized spacial score (nSPS) is 11.4. The van der Waals surface area contributed by atoms with Crippen molar-refractivity contribution >= 4 is 16.5 Å². The highest BCUT2D eigenvalue weighted by Crippen LogP contribution is 2.35. The Morgan fingerprint density at radius 3 is 2.33 bits per heavy atom. The van der Waals surface area contributed by atoms with Gasteiger partial charge in [-0.05, 0) is 28.5 Å². The first-order valence-corrected chi connectivity index (χ1v) is 7.16. The van der Waals surface area contributed by atoms with Gasteiger partial charge in [-0.15, -0.1) is 0 Å². The standard InChI is InChI=1S/C15H20N2S/c1-9(2)11-5-6-12(13(7-11)10(3)4)14-8-17-15(16)18-14/h5-10H,1-4H3,(H2,16,17). The molecule has 0 aliphatic carbocycles. The van der Waals surface area contributed by atoms with Crippen LogP contribution in [0.4, 0.5) is 5.13 Å². The topological polar surface area (TPSA) is 38.9 Å². The summed E-state index contributed by atoms with van der Waals surface area (Å²) in [6.45, 7) is 8.91. The number of aromatic nitrogens is 1. The zero-order chi connectivity index (χ0) is 13.3. The fourth-order valence-electron chi connectivity index (χ4n) is 2.05. The van der Waals surface area contributed by atoms with Crippen molar-refractivity contribution in [1.82, 2.24) is 4.98 Å². The molecule has 18 heavy (non-hydrogen) atoms. The summed E-state index contributed by atoms with van der Waals surface area (Å²) in [6.07, 6.45) is 1.87. The van der Waals surface area contributed by atoms with Crippen molar-refractivity contribution in [2.75, 3.05) is 5.73 Å². The van der Waals surface area contributed by atoms with Crippen LogP contribution in [-0.4, -0.2) is 4.98 Å². The van der Waals surface area contributed by atoms with Crippen LogP contribution in [0.25, 0.3) is 10.4 Å². The summed E-state index contributed by atoms with van der Waals surface area (Å²) in [6, 6.07) is 6.74. The van der Waals surface area contributed by atoms with Crippen molar-refractivity contribution in [3.8, 4) is 10.4 Å². The monoisotopic (exact) mass is 260 g/mol. The number of anilines is 1. The minimum absolute atomic E-state index is 0.502. The molecule has 0 radical (unpaired) electrons. The van der Waals surface area contributed by atoms with Gasteiger partial charge < -0.3 is 5.73 Å². The Morgan fingerprint density at radius 1 is 1.11 bits per heavy atom. The summed E-state index contributed by atoms with van der Waals surface area (Å²) in [5.74, 6) is 1.06. The molecule has 2 N–H and O–H groups in total. The second-order valence-corrected chi connectivity index (χ2v) is 6.28. The minimum Gasteiger partial charge on any atom is -0.375 e. The first-order chi connectivity index (χ1) is 8.49. The van der Waals surface area contributed by atoms with Gasteiger partial charge in [0.1, 0.15) is 0 Å². The van der Waals surface area contributed by atoms with Crippen LogP contribution in [0.1, 0.15) is 50.7 Å². The molecule has 0 aliphatic heterocycles. The summed E-state index contributed by atoms with van der Waals surface area (Å²) in [7, 11) is 0. The molecule has 0 saturated heterocycles. The van der Waals surface area contributed by atoms with Gasteiger partial charge in [-0.2, -0.15) is 0 Å². The van der Waals surface area contributed by atoms with Crippen molar-refractivity contribution in [2.45, 2.75) is 39.5 Å². The van der Waals surface area contributed by atoms with Crippen LogP contribution in [0.2, 0.25) is 0 Å². The average Bonchev–Trinajstić information content (AvgIpc) is 2.74. The molecular weight excluding hydrogens is 240 g/mol. The van der Waals surface area contributed by atoms with E-state index in [0.29, 0.717) is 17.0 Å². The maximum Gasteiger partial charge on any atom is 0.180 e. The molecule has 0 aliphatic rings. The molecule has 1 aromatic heterocycles. The molecule has 96 valence electrons. The molecule has 0 fully saturated rings. The largest absolute Gasteiger partial charge is 0.375 e. The summed E-state index contributed by atoms with van der Waals surface area (Å²) < 4.78 is 0. The Kier molecular flexibility index (Phi) is 3.71. The first-order valence-electron chi connectivity index (χ1n) is 6.34. The highest BCUT2D eigenvalue weighted by Gasteiger charge is 2.13. The Hall–Kier alpha value is -1.35. The number of hydrogen-bond acceptors (Lipinski definition) is 3. The van der Waals surface area contributed by atoms with Crippen LogP contribution in [0, 0.1) is 0 Å². The quantitative estimate of drug-likeness (QED) is 0.873. The fourth-order valence-corrected chi connectivity index (χ4v) is 2.79. The number of thiazole rings is 1. The van der Waals surface area contributed by atoms with Crippen LogP contribution in [0.15, 0.2) is 24.4 Å². The molecule has 3 heteroatoms. The Bertz CT molecular complexity index is 541. The molecule has 0 bridgehead atoms. The van der Waals surface area contributed by atoms with E-state index < -0.39 is 0 Å². The van der Waals surface area contributed by atoms with Gasteiger partial charge in [0.2, 0.25) is 0 Å². The van der Waals surface area contributed by atoms with Crippen molar-refractivity contribution in [3.05, 3.63) is 35.5 Å². The van der Waals surface area contributed by atoms with Gasteiger partial charge in [0.25, 0.3) is 0 Å². The maximum absolute atomic E-state index is 5.73. The van der Waals surface area contributed by atoms with Crippen molar-refractivity contribution < 1.29 is 0 Å². The van der Waals surface area contributed by atoms with E-state index in [1.165, 1.54) is 16.7 Å². The number of nitrogen functional groups attached to an aromatic ring is 1. The molecule has 2 rings (SSSR count). The minimum atomic E-state index is 0.502. The van der Waals surface area contributed by atoms with Crippen LogP contribution in [0.3, 0.4) is 0 Å². The highest BCUT2D eigenvalue weighted by atomic mass is 32.1. The molecule has 0 atom stereocenters. The third-order valence-corrected chi connectivity index (χ3v) is 4.01. The average molecular weight is 260 g/mol. The lowest BCUT2D eigenvalue weighted by Gasteiger charge is -2.15. The maximum atomic E-state index is 5.73. The predicted molar refractivity (Wildman–Crippen MR) is 80.1 cm³/mol. The Labute approximate surface area is 113 Å². The zero-order valence-corrected chi connectivity index (χ0v) is 12.2. The van der Waals surface area contributed by atoms with Crippen molar-refractivity contribution in [1.29, 1.82) is 0 Å². The van der Waals surface area contributed by atoms with Crippen molar-refractivity contribution in [3.63, 3.8) is 0 Å². The number of nitrogens with zero attached hydrogens (tertiary/aromatic N) is 1. The molecule has 1 aromatic carbocycles. The van der Waals surface area contributed by atoms with Crippen LogP contribution >= 0.6 is 11.3 Å². The van der Waals surface area contributed by atoms with Gasteiger partial charge in [0, 0.05) is 6.20 Å². The highest BCUT2D eigenvalue weighted by molar-refractivity contribution is 7.18. The predicted octanol–water partition coefficient (Wildman–Crippen LogP) is 4.64. The second kappa shape index (κ2) is 5.11. The zero-order valence-electron chi connectivity index (χ0n) is 11.4. The second-order valence-electron chi connectivity index (χ2n) is 5.22. The van der Waals surface area contributed by atoms with Gasteiger partial charge in [-0.3, -0.25) is 0 Å². The van der Waals surface area contributed by atoms with Crippen LogP contribution < -0.4 is 5.73 Å². The van der Waals surface area contributed by atoms with Gasteiger partial charge >= 0.3 is 0 Å². The van der Waals surface area contributed by atoms with Gasteiger partial charge in [0.05, 0.1) is 4.88 Å². The lowest BCUT2D eigenvalue weighted by molar-refractivity contribution is 0.836. The molecule has 2 aromatic rings. The van der Waals surface area contributed by atoms with E-state index in [4.69, 9.17) is 5.73 Å². The van der Waals surface area contributed by atoms with E-state index in [2.05, 4.69) is 50.9 Å². The summed E-state index contributed by atoms with van der Waals surface area (Å²) in [5, 5.41) is 0.632. The van der Waals surface area contributed by atoms with E-state index >= 15 is 0 Å². The molecule has 2 nitrogen and oxygen atoms in total. The third-order valence-electron chi connectivity index (χ3n) is 3.15. The van der Waals surface area contributed by atoms with Gasteiger partial charge in [-0.1, -0.05) is 57.2 Å². The Balaban J connectivity index is 2.53.